The summed E-state index contributed by atoms with van der Waals surface area (Å²) in [4.78, 5) is 26.1. The number of halogens is 1. The second-order valence-corrected chi connectivity index (χ2v) is 5.98. The van der Waals surface area contributed by atoms with Gasteiger partial charge in [0, 0.05) is 18.6 Å². The van der Waals surface area contributed by atoms with Crippen LogP contribution < -0.4 is 10.1 Å². The molecule has 1 N–H and O–H groups in total. The minimum Gasteiger partial charge on any atom is -0.484 e. The van der Waals surface area contributed by atoms with Crippen molar-refractivity contribution >= 4 is 23.4 Å². The highest BCUT2D eigenvalue weighted by Crippen LogP contribution is 2.16. The molecule has 0 spiro atoms. The van der Waals surface area contributed by atoms with Gasteiger partial charge in [-0.15, -0.1) is 0 Å². The summed E-state index contributed by atoms with van der Waals surface area (Å²) < 4.78 is 5.52. The van der Waals surface area contributed by atoms with E-state index in [0.717, 1.165) is 5.56 Å². The number of carbonyl (C=O) groups excluding carboxylic acids is 2. The molecule has 2 aromatic rings. The van der Waals surface area contributed by atoms with Gasteiger partial charge in [0.25, 0.3) is 5.91 Å². The van der Waals surface area contributed by atoms with Crippen LogP contribution in [0.1, 0.15) is 12.5 Å². The number of hydrogen-bond donors (Lipinski definition) is 1. The molecule has 0 aromatic heterocycles. The van der Waals surface area contributed by atoms with Crippen LogP contribution >= 0.6 is 11.6 Å². The van der Waals surface area contributed by atoms with Crippen molar-refractivity contribution in [2.24, 2.45) is 0 Å². The van der Waals surface area contributed by atoms with Crippen LogP contribution in [0, 0.1) is 0 Å². The van der Waals surface area contributed by atoms with Crippen molar-refractivity contribution in [1.82, 2.24) is 10.2 Å². The molecule has 0 aliphatic heterocycles. The molecule has 1 unspecified atom stereocenters. The van der Waals surface area contributed by atoms with Gasteiger partial charge in [0.15, 0.2) is 6.61 Å². The summed E-state index contributed by atoms with van der Waals surface area (Å²) in [6.45, 7) is 1.87. The maximum absolute atomic E-state index is 12.6. The van der Waals surface area contributed by atoms with Gasteiger partial charge in [-0.3, -0.25) is 9.59 Å². The van der Waals surface area contributed by atoms with Crippen LogP contribution in [0.4, 0.5) is 0 Å². The second kappa shape index (κ2) is 9.08. The standard InChI is InChI=1S/C19H21ClN2O3/c1-14(19(24)21-2)22(12-15-6-4-3-5-7-15)18(23)13-25-17-10-8-16(20)9-11-17/h3-11,14H,12-13H2,1-2H3,(H,21,24). The van der Waals surface area contributed by atoms with Crippen LogP contribution in [0.15, 0.2) is 54.6 Å². The molecule has 0 saturated carbocycles. The van der Waals surface area contributed by atoms with E-state index in [1.807, 2.05) is 30.3 Å². The topological polar surface area (TPSA) is 58.6 Å². The largest absolute Gasteiger partial charge is 0.484 e. The monoisotopic (exact) mass is 360 g/mol. The predicted octanol–water partition coefficient (Wildman–Crippen LogP) is 2.88. The number of ether oxygens (including phenoxy) is 1. The van der Waals surface area contributed by atoms with Crippen LogP contribution in [0.2, 0.25) is 5.02 Å². The Kier molecular flexibility index (Phi) is 6.83. The second-order valence-electron chi connectivity index (χ2n) is 5.54. The highest BCUT2D eigenvalue weighted by Gasteiger charge is 2.25. The summed E-state index contributed by atoms with van der Waals surface area (Å²) in [5, 5.41) is 3.17. The Morgan fingerprint density at radius 2 is 1.76 bits per heavy atom. The summed E-state index contributed by atoms with van der Waals surface area (Å²) in [7, 11) is 1.55. The van der Waals surface area contributed by atoms with Gasteiger partial charge in [0.1, 0.15) is 11.8 Å². The molecule has 1 atom stereocenters. The quantitative estimate of drug-likeness (QED) is 0.826. The molecule has 6 heteroatoms. The zero-order valence-electron chi connectivity index (χ0n) is 14.2. The van der Waals surface area contributed by atoms with Crippen LogP contribution in [-0.4, -0.2) is 36.4 Å². The average molecular weight is 361 g/mol. The molecular formula is C19H21ClN2O3. The van der Waals surface area contributed by atoms with E-state index in [4.69, 9.17) is 16.3 Å². The van der Waals surface area contributed by atoms with Crippen LogP contribution in [0.3, 0.4) is 0 Å². The third kappa shape index (κ3) is 5.50. The van der Waals surface area contributed by atoms with E-state index in [1.165, 1.54) is 4.90 Å². The van der Waals surface area contributed by atoms with E-state index in [-0.39, 0.29) is 18.4 Å². The third-order valence-corrected chi connectivity index (χ3v) is 4.04. The first-order valence-electron chi connectivity index (χ1n) is 7.94. The van der Waals surface area contributed by atoms with Crippen molar-refractivity contribution in [3.05, 3.63) is 65.2 Å². The van der Waals surface area contributed by atoms with Crippen molar-refractivity contribution in [3.8, 4) is 5.75 Å². The molecule has 25 heavy (non-hydrogen) atoms. The Morgan fingerprint density at radius 3 is 2.36 bits per heavy atom. The van der Waals surface area contributed by atoms with Crippen molar-refractivity contribution in [3.63, 3.8) is 0 Å². The first-order valence-corrected chi connectivity index (χ1v) is 8.32. The molecule has 2 amide bonds. The fourth-order valence-electron chi connectivity index (χ4n) is 2.33. The number of amides is 2. The number of nitrogens with one attached hydrogen (secondary N) is 1. The van der Waals surface area contributed by atoms with Gasteiger partial charge in [-0.05, 0) is 36.8 Å². The van der Waals surface area contributed by atoms with E-state index in [2.05, 4.69) is 5.32 Å². The van der Waals surface area contributed by atoms with Crippen LogP contribution in [0.25, 0.3) is 0 Å². The highest BCUT2D eigenvalue weighted by atomic mass is 35.5. The predicted molar refractivity (Wildman–Crippen MR) is 97.5 cm³/mol. The highest BCUT2D eigenvalue weighted by molar-refractivity contribution is 6.30. The van der Waals surface area contributed by atoms with Crippen molar-refractivity contribution in [2.45, 2.75) is 19.5 Å². The fraction of sp³-hybridized carbons (Fsp3) is 0.263. The van der Waals surface area contributed by atoms with Crippen LogP contribution in [0.5, 0.6) is 5.75 Å². The molecule has 0 fully saturated rings. The van der Waals surface area contributed by atoms with Crippen molar-refractivity contribution < 1.29 is 14.3 Å². The van der Waals surface area contributed by atoms with E-state index in [1.54, 1.807) is 38.2 Å². The average Bonchev–Trinajstić information content (AvgIpc) is 2.65. The number of rotatable bonds is 7. The maximum atomic E-state index is 12.6. The zero-order chi connectivity index (χ0) is 18.2. The van der Waals surface area contributed by atoms with E-state index >= 15 is 0 Å². The Morgan fingerprint density at radius 1 is 1.12 bits per heavy atom. The Labute approximate surface area is 152 Å². The first kappa shape index (κ1) is 18.8. The molecule has 0 saturated heterocycles. The lowest BCUT2D eigenvalue weighted by atomic mass is 10.1. The number of hydrogen-bond acceptors (Lipinski definition) is 3. The summed E-state index contributed by atoms with van der Waals surface area (Å²) in [5.41, 5.74) is 0.943. The lowest BCUT2D eigenvalue weighted by Crippen LogP contribution is -2.48. The Hall–Kier alpha value is -2.53. The first-order chi connectivity index (χ1) is 12.0. The number of carbonyl (C=O) groups is 2. The normalized spacial score (nSPS) is 11.5. The molecule has 5 nitrogen and oxygen atoms in total. The molecular weight excluding hydrogens is 340 g/mol. The maximum Gasteiger partial charge on any atom is 0.261 e. The molecule has 0 radical (unpaired) electrons. The molecule has 2 rings (SSSR count). The smallest absolute Gasteiger partial charge is 0.261 e. The van der Waals surface area contributed by atoms with Gasteiger partial charge in [-0.1, -0.05) is 41.9 Å². The summed E-state index contributed by atoms with van der Waals surface area (Å²) in [6.07, 6.45) is 0. The van der Waals surface area contributed by atoms with Crippen molar-refractivity contribution in [2.75, 3.05) is 13.7 Å². The zero-order valence-corrected chi connectivity index (χ0v) is 15.0. The lowest BCUT2D eigenvalue weighted by molar-refractivity contribution is -0.142. The third-order valence-electron chi connectivity index (χ3n) is 3.79. The van der Waals surface area contributed by atoms with Gasteiger partial charge in [-0.25, -0.2) is 0 Å². The molecule has 0 aliphatic carbocycles. The van der Waals surface area contributed by atoms with Gasteiger partial charge in [0.05, 0.1) is 0 Å². The van der Waals surface area contributed by atoms with Gasteiger partial charge < -0.3 is 15.0 Å². The molecule has 0 bridgehead atoms. The minimum absolute atomic E-state index is 0.157. The molecule has 2 aromatic carbocycles. The van der Waals surface area contributed by atoms with Crippen LogP contribution in [-0.2, 0) is 16.1 Å². The summed E-state index contributed by atoms with van der Waals surface area (Å²) in [5.74, 6) is 0.0516. The number of likely N-dealkylation sites (N-methyl/N-ethyl adjacent to an activating group) is 1. The molecule has 132 valence electrons. The molecule has 0 aliphatic rings. The number of nitrogens with zero attached hydrogens (tertiary/aromatic N) is 1. The van der Waals surface area contributed by atoms with Gasteiger partial charge in [-0.2, -0.15) is 0 Å². The van der Waals surface area contributed by atoms with E-state index in [0.29, 0.717) is 17.3 Å². The van der Waals surface area contributed by atoms with Crippen molar-refractivity contribution in [1.29, 1.82) is 0 Å². The lowest BCUT2D eigenvalue weighted by Gasteiger charge is -2.28. The van der Waals surface area contributed by atoms with E-state index < -0.39 is 6.04 Å². The Bertz CT molecular complexity index is 704. The summed E-state index contributed by atoms with van der Waals surface area (Å²) in [6, 6.07) is 15.7. The Balaban J connectivity index is 2.08. The fourth-order valence-corrected chi connectivity index (χ4v) is 2.46. The number of benzene rings is 2. The SMILES string of the molecule is CNC(=O)C(C)N(Cc1ccccc1)C(=O)COc1ccc(Cl)cc1. The van der Waals surface area contributed by atoms with Gasteiger partial charge >= 0.3 is 0 Å². The van der Waals surface area contributed by atoms with E-state index in [9.17, 15) is 9.59 Å². The minimum atomic E-state index is -0.605. The summed E-state index contributed by atoms with van der Waals surface area (Å²) >= 11 is 5.83. The van der Waals surface area contributed by atoms with Gasteiger partial charge in [0.2, 0.25) is 5.91 Å². The molecule has 0 heterocycles.